The Bertz CT molecular complexity index is 378. The van der Waals surface area contributed by atoms with Gasteiger partial charge in [-0.3, -0.25) is 4.79 Å². The van der Waals surface area contributed by atoms with Crippen LogP contribution in [0.4, 0.5) is 0 Å². The van der Waals surface area contributed by atoms with Crippen molar-refractivity contribution in [2.24, 2.45) is 35.0 Å². The molecule has 4 atom stereocenters. The lowest BCUT2D eigenvalue weighted by Crippen LogP contribution is -2.53. The highest BCUT2D eigenvalue weighted by Crippen LogP contribution is 2.62. The highest BCUT2D eigenvalue weighted by molar-refractivity contribution is 5.71. The second kappa shape index (κ2) is 5.91. The highest BCUT2D eigenvalue weighted by atomic mass is 16.7. The Kier molecular flexibility index (Phi) is 4.31. The van der Waals surface area contributed by atoms with Crippen molar-refractivity contribution >= 4 is 5.97 Å². The lowest BCUT2D eigenvalue weighted by atomic mass is 9.46. The van der Waals surface area contributed by atoms with Crippen molar-refractivity contribution in [3.8, 4) is 0 Å². The zero-order valence-electron chi connectivity index (χ0n) is 13.8. The molecule has 4 fully saturated rings. The monoisotopic (exact) mass is 294 g/mol. The smallest absolute Gasteiger partial charge is 0.310 e. The van der Waals surface area contributed by atoms with Crippen LogP contribution in [-0.2, 0) is 14.3 Å². The van der Waals surface area contributed by atoms with Crippen molar-refractivity contribution < 1.29 is 14.3 Å². The van der Waals surface area contributed by atoms with Crippen LogP contribution < -0.4 is 0 Å². The first-order valence-electron chi connectivity index (χ1n) is 8.78. The van der Waals surface area contributed by atoms with Crippen LogP contribution in [0.25, 0.3) is 0 Å². The van der Waals surface area contributed by atoms with Gasteiger partial charge in [-0.25, -0.2) is 0 Å². The largest absolute Gasteiger partial charge is 0.438 e. The number of carbonyl (C=O) groups is 1. The van der Waals surface area contributed by atoms with Gasteiger partial charge >= 0.3 is 5.97 Å². The van der Waals surface area contributed by atoms with Crippen LogP contribution in [0.15, 0.2) is 0 Å². The van der Waals surface area contributed by atoms with Crippen molar-refractivity contribution in [2.45, 2.75) is 59.3 Å². The quantitative estimate of drug-likeness (QED) is 0.422. The molecule has 0 radical (unpaired) electrons. The fourth-order valence-corrected chi connectivity index (χ4v) is 5.37. The Balaban J connectivity index is 1.50. The summed E-state index contributed by atoms with van der Waals surface area (Å²) in [6.07, 6.45) is 7.84. The zero-order chi connectivity index (χ0) is 15.0. The van der Waals surface area contributed by atoms with Crippen LogP contribution in [0.2, 0.25) is 0 Å². The summed E-state index contributed by atoms with van der Waals surface area (Å²) in [6, 6.07) is 0. The van der Waals surface area contributed by atoms with Crippen LogP contribution in [0.3, 0.4) is 0 Å². The first-order valence-corrected chi connectivity index (χ1v) is 8.78. The molecule has 0 spiro atoms. The molecule has 0 amide bonds. The lowest BCUT2D eigenvalue weighted by Gasteiger charge is -2.60. The van der Waals surface area contributed by atoms with E-state index < -0.39 is 0 Å². The van der Waals surface area contributed by atoms with E-state index in [1.165, 1.54) is 32.1 Å². The molecule has 4 unspecified atom stereocenters. The molecule has 0 aliphatic heterocycles. The Morgan fingerprint density at radius 1 is 1.24 bits per heavy atom. The van der Waals surface area contributed by atoms with Crippen LogP contribution >= 0.6 is 0 Å². The van der Waals surface area contributed by atoms with Crippen molar-refractivity contribution in [1.82, 2.24) is 0 Å². The van der Waals surface area contributed by atoms with E-state index in [0.29, 0.717) is 5.41 Å². The topological polar surface area (TPSA) is 35.5 Å². The number of hydrogen-bond donors (Lipinski definition) is 0. The second-order valence-electron chi connectivity index (χ2n) is 8.00. The number of ether oxygens (including phenoxy) is 2. The van der Waals surface area contributed by atoms with Crippen LogP contribution in [-0.4, -0.2) is 19.4 Å². The summed E-state index contributed by atoms with van der Waals surface area (Å²) < 4.78 is 11.0. The molecule has 0 aromatic rings. The van der Waals surface area contributed by atoms with Crippen LogP contribution in [0, 0.1) is 35.0 Å². The van der Waals surface area contributed by atoms with Crippen molar-refractivity contribution in [2.75, 3.05) is 13.4 Å². The molecule has 0 heterocycles. The lowest BCUT2D eigenvalue weighted by molar-refractivity contribution is -0.178. The van der Waals surface area contributed by atoms with E-state index >= 15 is 0 Å². The number of rotatable bonds is 6. The van der Waals surface area contributed by atoms with E-state index in [4.69, 9.17) is 9.47 Å². The molecule has 4 bridgehead atoms. The molecule has 0 N–H and O–H groups in total. The average Bonchev–Trinajstić information content (AvgIpc) is 2.47. The van der Waals surface area contributed by atoms with Gasteiger partial charge in [0, 0.05) is 0 Å². The third kappa shape index (κ3) is 2.86. The minimum Gasteiger partial charge on any atom is -0.438 e. The first-order chi connectivity index (χ1) is 10.0. The zero-order valence-corrected chi connectivity index (χ0v) is 13.8. The van der Waals surface area contributed by atoms with Gasteiger partial charge in [0.2, 0.25) is 0 Å². The summed E-state index contributed by atoms with van der Waals surface area (Å²) in [5.41, 5.74) is 0.373. The van der Waals surface area contributed by atoms with Gasteiger partial charge in [-0.2, -0.15) is 0 Å². The van der Waals surface area contributed by atoms with E-state index in [2.05, 4.69) is 6.92 Å². The van der Waals surface area contributed by atoms with Crippen LogP contribution in [0.1, 0.15) is 59.3 Å². The molecule has 0 saturated heterocycles. The Hall–Kier alpha value is -0.570. The molecule has 120 valence electrons. The standard InChI is InChI=1S/C18H30O3/c1-4-12(2)17(19)21-11-20-10-18-8-14-5-15(9-18)7-16(6-14)13(18)3/h12-16H,4-11H2,1-3H3. The molecule has 4 aliphatic rings. The molecule has 4 aliphatic carbocycles. The Morgan fingerprint density at radius 2 is 1.90 bits per heavy atom. The molecule has 4 rings (SSSR count). The Morgan fingerprint density at radius 3 is 2.52 bits per heavy atom. The average molecular weight is 294 g/mol. The minimum atomic E-state index is -0.129. The number of carbonyl (C=O) groups excluding carboxylic acids is 1. The predicted molar refractivity (Wildman–Crippen MR) is 81.5 cm³/mol. The summed E-state index contributed by atoms with van der Waals surface area (Å²) in [5.74, 6) is 3.41. The SMILES string of the molecule is CCC(C)C(=O)OCOCC12CC3CC(CC(C3)C1C)C2. The fraction of sp³-hybridized carbons (Fsp3) is 0.944. The predicted octanol–water partition coefficient (Wildman–Crippen LogP) is 4.01. The molecule has 3 nitrogen and oxygen atoms in total. The Labute approximate surface area is 128 Å². The first kappa shape index (κ1) is 15.3. The molecule has 4 saturated carbocycles. The summed E-state index contributed by atoms with van der Waals surface area (Å²) in [6.45, 7) is 7.26. The van der Waals surface area contributed by atoms with E-state index in [-0.39, 0.29) is 18.7 Å². The van der Waals surface area contributed by atoms with E-state index in [1.807, 2.05) is 13.8 Å². The van der Waals surface area contributed by atoms with Crippen molar-refractivity contribution in [3.63, 3.8) is 0 Å². The van der Waals surface area contributed by atoms with Gasteiger partial charge in [0.1, 0.15) is 0 Å². The molecule has 3 heteroatoms. The maximum Gasteiger partial charge on any atom is 0.310 e. The van der Waals surface area contributed by atoms with Crippen molar-refractivity contribution in [1.29, 1.82) is 0 Å². The summed E-state index contributed by atoms with van der Waals surface area (Å²) >= 11 is 0. The van der Waals surface area contributed by atoms with Gasteiger partial charge in [-0.15, -0.1) is 0 Å². The number of hydrogen-bond acceptors (Lipinski definition) is 3. The van der Waals surface area contributed by atoms with Gasteiger partial charge in [0.15, 0.2) is 6.79 Å². The molecular formula is C18H30O3. The van der Waals surface area contributed by atoms with Crippen molar-refractivity contribution in [3.05, 3.63) is 0 Å². The van der Waals surface area contributed by atoms with Gasteiger partial charge in [-0.1, -0.05) is 20.8 Å². The second-order valence-corrected chi connectivity index (χ2v) is 8.00. The van der Waals surface area contributed by atoms with E-state index in [1.54, 1.807) is 0 Å². The molecule has 0 aromatic carbocycles. The van der Waals surface area contributed by atoms with Gasteiger partial charge in [-0.05, 0) is 67.6 Å². The normalized spacial score (nSPS) is 42.0. The third-order valence-electron chi connectivity index (χ3n) is 6.69. The molecule has 0 aromatic heterocycles. The van der Waals surface area contributed by atoms with Gasteiger partial charge in [0.05, 0.1) is 12.5 Å². The summed E-state index contributed by atoms with van der Waals surface area (Å²) in [7, 11) is 0. The summed E-state index contributed by atoms with van der Waals surface area (Å²) in [5, 5.41) is 0. The van der Waals surface area contributed by atoms with Gasteiger partial charge in [0.25, 0.3) is 0 Å². The molecular weight excluding hydrogens is 264 g/mol. The fourth-order valence-electron chi connectivity index (χ4n) is 5.37. The highest BCUT2D eigenvalue weighted by Gasteiger charge is 2.55. The van der Waals surface area contributed by atoms with E-state index in [0.717, 1.165) is 36.7 Å². The van der Waals surface area contributed by atoms with Gasteiger partial charge < -0.3 is 9.47 Å². The maximum absolute atomic E-state index is 11.7. The summed E-state index contributed by atoms with van der Waals surface area (Å²) in [4.78, 5) is 11.7. The third-order valence-corrected chi connectivity index (χ3v) is 6.69. The van der Waals surface area contributed by atoms with Crippen LogP contribution in [0.5, 0.6) is 0 Å². The molecule has 21 heavy (non-hydrogen) atoms. The number of esters is 1. The van der Waals surface area contributed by atoms with E-state index in [9.17, 15) is 4.79 Å². The minimum absolute atomic E-state index is 0.0212. The maximum atomic E-state index is 11.7.